The molecule has 0 saturated carbocycles. The molecule has 1 heterocycles. The second-order valence-electron chi connectivity index (χ2n) is 4.76. The standard InChI is InChI=1S/C15H21NO4/c1-2-19-15-6-4-3-5-13(15)14(18)10-16-7-8-20-12(9-16)11-17/h3-6,12,17H,2,7-11H2,1H3. The summed E-state index contributed by atoms with van der Waals surface area (Å²) >= 11 is 0. The minimum atomic E-state index is -0.196. The molecule has 110 valence electrons. The summed E-state index contributed by atoms with van der Waals surface area (Å²) in [6.45, 7) is 4.58. The third kappa shape index (κ3) is 3.79. The Bertz CT molecular complexity index is 449. The van der Waals surface area contributed by atoms with Gasteiger partial charge in [-0.2, -0.15) is 0 Å². The van der Waals surface area contributed by atoms with Crippen LogP contribution in [0.15, 0.2) is 24.3 Å². The van der Waals surface area contributed by atoms with Crippen molar-refractivity contribution in [2.24, 2.45) is 0 Å². The number of para-hydroxylation sites is 1. The van der Waals surface area contributed by atoms with Gasteiger partial charge < -0.3 is 14.6 Å². The molecule has 1 aromatic rings. The molecule has 0 radical (unpaired) electrons. The molecule has 0 amide bonds. The van der Waals surface area contributed by atoms with Crippen LogP contribution in [-0.4, -0.2) is 61.3 Å². The predicted molar refractivity (Wildman–Crippen MR) is 75.2 cm³/mol. The van der Waals surface area contributed by atoms with Gasteiger partial charge in [0, 0.05) is 13.1 Å². The highest BCUT2D eigenvalue weighted by molar-refractivity contribution is 6.00. The molecule has 1 unspecified atom stereocenters. The van der Waals surface area contributed by atoms with E-state index in [9.17, 15) is 4.79 Å². The van der Waals surface area contributed by atoms with Crippen LogP contribution in [0, 0.1) is 0 Å². The molecule has 20 heavy (non-hydrogen) atoms. The summed E-state index contributed by atoms with van der Waals surface area (Å²) in [5.74, 6) is 0.666. The highest BCUT2D eigenvalue weighted by Gasteiger charge is 2.23. The van der Waals surface area contributed by atoms with Gasteiger partial charge >= 0.3 is 0 Å². The fourth-order valence-electron chi connectivity index (χ4n) is 2.30. The minimum Gasteiger partial charge on any atom is -0.493 e. The van der Waals surface area contributed by atoms with Gasteiger partial charge in [0.05, 0.1) is 38.0 Å². The number of rotatable bonds is 6. The number of benzene rings is 1. The summed E-state index contributed by atoms with van der Waals surface area (Å²) < 4.78 is 10.9. The predicted octanol–water partition coefficient (Wildman–Crippen LogP) is 0.961. The molecular weight excluding hydrogens is 258 g/mol. The Morgan fingerprint density at radius 1 is 1.50 bits per heavy atom. The van der Waals surface area contributed by atoms with E-state index >= 15 is 0 Å². The molecule has 5 nitrogen and oxygen atoms in total. The fraction of sp³-hybridized carbons (Fsp3) is 0.533. The Kier molecular flexibility index (Phi) is 5.52. The normalized spacial score (nSPS) is 19.8. The Balaban J connectivity index is 2.01. The quantitative estimate of drug-likeness (QED) is 0.786. The van der Waals surface area contributed by atoms with Crippen molar-refractivity contribution in [1.29, 1.82) is 0 Å². The van der Waals surface area contributed by atoms with E-state index in [1.54, 1.807) is 6.07 Å². The van der Waals surface area contributed by atoms with E-state index in [1.807, 2.05) is 30.0 Å². The number of hydrogen-bond acceptors (Lipinski definition) is 5. The number of ether oxygens (including phenoxy) is 2. The van der Waals surface area contributed by atoms with Crippen molar-refractivity contribution in [3.63, 3.8) is 0 Å². The van der Waals surface area contributed by atoms with Crippen molar-refractivity contribution in [3.8, 4) is 5.75 Å². The first kappa shape index (κ1) is 15.0. The SMILES string of the molecule is CCOc1ccccc1C(=O)CN1CCOC(CO)C1. The molecule has 1 fully saturated rings. The van der Waals surface area contributed by atoms with Crippen LogP contribution in [0.5, 0.6) is 5.75 Å². The van der Waals surface area contributed by atoms with Crippen molar-refractivity contribution in [2.75, 3.05) is 39.5 Å². The molecule has 0 bridgehead atoms. The zero-order chi connectivity index (χ0) is 14.4. The van der Waals surface area contributed by atoms with Gasteiger partial charge in [-0.1, -0.05) is 12.1 Å². The van der Waals surface area contributed by atoms with Gasteiger partial charge in [0.15, 0.2) is 5.78 Å². The van der Waals surface area contributed by atoms with Crippen LogP contribution >= 0.6 is 0 Å². The molecular formula is C15H21NO4. The summed E-state index contributed by atoms with van der Waals surface area (Å²) in [7, 11) is 0. The Morgan fingerprint density at radius 2 is 2.30 bits per heavy atom. The number of aliphatic hydroxyl groups is 1. The second-order valence-corrected chi connectivity index (χ2v) is 4.76. The Labute approximate surface area is 119 Å². The first-order chi connectivity index (χ1) is 9.74. The van der Waals surface area contributed by atoms with Gasteiger partial charge in [-0.15, -0.1) is 0 Å². The number of ketones is 1. The second kappa shape index (κ2) is 7.38. The number of nitrogens with zero attached hydrogens (tertiary/aromatic N) is 1. The van der Waals surface area contributed by atoms with Crippen LogP contribution < -0.4 is 4.74 Å². The molecule has 5 heteroatoms. The lowest BCUT2D eigenvalue weighted by molar-refractivity contribution is -0.0503. The Hall–Kier alpha value is -1.43. The van der Waals surface area contributed by atoms with E-state index in [4.69, 9.17) is 14.6 Å². The van der Waals surface area contributed by atoms with Crippen LogP contribution in [0.25, 0.3) is 0 Å². The average Bonchev–Trinajstić information content (AvgIpc) is 2.48. The van der Waals surface area contributed by atoms with Crippen molar-refractivity contribution in [3.05, 3.63) is 29.8 Å². The number of Topliss-reactive ketones (excluding diaryl/α,β-unsaturated/α-hetero) is 1. The summed E-state index contributed by atoms with van der Waals surface area (Å²) in [6.07, 6.45) is -0.196. The largest absolute Gasteiger partial charge is 0.493 e. The molecule has 2 rings (SSSR count). The maximum atomic E-state index is 12.4. The molecule has 1 aromatic carbocycles. The van der Waals surface area contributed by atoms with Crippen LogP contribution in [0.1, 0.15) is 17.3 Å². The summed E-state index contributed by atoms with van der Waals surface area (Å²) in [5, 5.41) is 9.12. The Morgan fingerprint density at radius 3 is 3.05 bits per heavy atom. The number of carbonyl (C=O) groups is 1. The minimum absolute atomic E-state index is 0.0137. The van der Waals surface area contributed by atoms with E-state index < -0.39 is 0 Å². The van der Waals surface area contributed by atoms with Gasteiger partial charge in [0.1, 0.15) is 5.75 Å². The average molecular weight is 279 g/mol. The topological polar surface area (TPSA) is 59.0 Å². The van der Waals surface area contributed by atoms with Crippen molar-refractivity contribution in [2.45, 2.75) is 13.0 Å². The maximum absolute atomic E-state index is 12.4. The van der Waals surface area contributed by atoms with Gasteiger partial charge in [-0.05, 0) is 19.1 Å². The number of morpholine rings is 1. The highest BCUT2D eigenvalue weighted by atomic mass is 16.5. The van der Waals surface area contributed by atoms with Crippen molar-refractivity contribution >= 4 is 5.78 Å². The molecule has 1 saturated heterocycles. The highest BCUT2D eigenvalue weighted by Crippen LogP contribution is 2.19. The van der Waals surface area contributed by atoms with Crippen LogP contribution in [-0.2, 0) is 4.74 Å². The monoisotopic (exact) mass is 279 g/mol. The first-order valence-corrected chi connectivity index (χ1v) is 6.94. The maximum Gasteiger partial charge on any atom is 0.180 e. The van der Waals surface area contributed by atoms with Gasteiger partial charge in [-0.3, -0.25) is 9.69 Å². The summed E-state index contributed by atoms with van der Waals surface area (Å²) in [6, 6.07) is 7.30. The molecule has 1 aliphatic rings. The summed E-state index contributed by atoms with van der Waals surface area (Å²) in [5.41, 5.74) is 0.612. The zero-order valence-electron chi connectivity index (χ0n) is 11.7. The first-order valence-electron chi connectivity index (χ1n) is 6.94. The van der Waals surface area contributed by atoms with Crippen LogP contribution in [0.4, 0.5) is 0 Å². The molecule has 1 atom stereocenters. The molecule has 0 spiro atoms. The van der Waals surface area contributed by atoms with E-state index in [0.717, 1.165) is 0 Å². The zero-order valence-corrected chi connectivity index (χ0v) is 11.7. The van der Waals surface area contributed by atoms with Crippen molar-refractivity contribution < 1.29 is 19.4 Å². The molecule has 0 aromatic heterocycles. The molecule has 1 aliphatic heterocycles. The summed E-state index contributed by atoms with van der Waals surface area (Å²) in [4.78, 5) is 14.4. The fourth-order valence-corrected chi connectivity index (χ4v) is 2.30. The van der Waals surface area contributed by atoms with E-state index in [0.29, 0.717) is 44.2 Å². The van der Waals surface area contributed by atoms with Gasteiger partial charge in [0.25, 0.3) is 0 Å². The molecule has 1 N–H and O–H groups in total. The number of hydrogen-bond donors (Lipinski definition) is 1. The number of carbonyl (C=O) groups excluding carboxylic acids is 1. The smallest absolute Gasteiger partial charge is 0.180 e. The third-order valence-electron chi connectivity index (χ3n) is 3.28. The van der Waals surface area contributed by atoms with Crippen LogP contribution in [0.3, 0.4) is 0 Å². The lowest BCUT2D eigenvalue weighted by Crippen LogP contribution is -2.46. The number of aliphatic hydroxyl groups excluding tert-OH is 1. The lowest BCUT2D eigenvalue weighted by atomic mass is 10.1. The lowest BCUT2D eigenvalue weighted by Gasteiger charge is -2.31. The van der Waals surface area contributed by atoms with Crippen LogP contribution in [0.2, 0.25) is 0 Å². The van der Waals surface area contributed by atoms with E-state index in [-0.39, 0.29) is 18.5 Å². The van der Waals surface area contributed by atoms with E-state index in [1.165, 1.54) is 0 Å². The van der Waals surface area contributed by atoms with Crippen molar-refractivity contribution in [1.82, 2.24) is 4.90 Å². The van der Waals surface area contributed by atoms with Gasteiger partial charge in [0.2, 0.25) is 0 Å². The van der Waals surface area contributed by atoms with E-state index in [2.05, 4.69) is 0 Å². The molecule has 0 aliphatic carbocycles. The third-order valence-corrected chi connectivity index (χ3v) is 3.28. The van der Waals surface area contributed by atoms with Gasteiger partial charge in [-0.25, -0.2) is 0 Å².